The minimum absolute atomic E-state index is 0.0886. The van der Waals surface area contributed by atoms with Crippen LogP contribution in [0.15, 0.2) is 12.1 Å². The molecule has 0 aliphatic heterocycles. The average molecular weight is 244 g/mol. The Morgan fingerprint density at radius 2 is 1.82 bits per heavy atom. The van der Waals surface area contributed by atoms with Crippen LogP contribution >= 0.6 is 0 Å². The van der Waals surface area contributed by atoms with Crippen molar-refractivity contribution in [1.82, 2.24) is 0 Å². The van der Waals surface area contributed by atoms with Crippen molar-refractivity contribution in [3.05, 3.63) is 23.8 Å². The van der Waals surface area contributed by atoms with Crippen molar-refractivity contribution in [2.45, 2.75) is 19.3 Å². The predicted octanol–water partition coefficient (Wildman–Crippen LogP) is 2.78. The fourth-order valence-corrected chi connectivity index (χ4v) is 1.52. The summed E-state index contributed by atoms with van der Waals surface area (Å²) in [5, 5.41) is 2.74. The monoisotopic (exact) mass is 244 g/mol. The minimum atomic E-state index is -0.653. The first-order chi connectivity index (χ1) is 8.15. The summed E-state index contributed by atoms with van der Waals surface area (Å²) in [6.07, 6.45) is 2.75. The Morgan fingerprint density at radius 1 is 1.18 bits per heavy atom. The number of anilines is 2. The smallest absolute Gasteiger partial charge is 0.151 e. The van der Waals surface area contributed by atoms with E-state index in [1.165, 1.54) is 0 Å². The molecule has 1 aromatic carbocycles. The molecule has 0 aliphatic carbocycles. The zero-order valence-electron chi connectivity index (χ0n) is 9.93. The number of unbranched alkanes of at least 4 members (excludes halogenated alkanes) is 2. The maximum absolute atomic E-state index is 13.3. The second-order valence-corrected chi connectivity index (χ2v) is 3.84. The molecule has 0 aliphatic rings. The van der Waals surface area contributed by atoms with Crippen LogP contribution in [0.25, 0.3) is 0 Å². The fourth-order valence-electron chi connectivity index (χ4n) is 1.52. The number of benzene rings is 1. The highest BCUT2D eigenvalue weighted by atomic mass is 19.1. The van der Waals surface area contributed by atoms with Crippen LogP contribution in [0.5, 0.6) is 0 Å². The number of halogens is 2. The van der Waals surface area contributed by atoms with Crippen molar-refractivity contribution in [2.24, 2.45) is 0 Å². The van der Waals surface area contributed by atoms with Gasteiger partial charge < -0.3 is 15.8 Å². The number of hydrogen-bond donors (Lipinski definition) is 2. The van der Waals surface area contributed by atoms with Crippen LogP contribution in [0.4, 0.5) is 20.2 Å². The van der Waals surface area contributed by atoms with Gasteiger partial charge in [-0.25, -0.2) is 8.78 Å². The Kier molecular flexibility index (Phi) is 5.69. The molecule has 0 amide bonds. The van der Waals surface area contributed by atoms with Gasteiger partial charge in [0.25, 0.3) is 0 Å². The van der Waals surface area contributed by atoms with E-state index in [4.69, 9.17) is 10.5 Å². The lowest BCUT2D eigenvalue weighted by molar-refractivity contribution is 0.192. The lowest BCUT2D eigenvalue weighted by Crippen LogP contribution is -2.06. The summed E-state index contributed by atoms with van der Waals surface area (Å²) in [6, 6.07) is 2.21. The molecule has 0 spiro atoms. The molecule has 5 heteroatoms. The van der Waals surface area contributed by atoms with Gasteiger partial charge in [0.05, 0.1) is 0 Å². The molecule has 3 nitrogen and oxygen atoms in total. The van der Waals surface area contributed by atoms with E-state index >= 15 is 0 Å². The topological polar surface area (TPSA) is 47.3 Å². The van der Waals surface area contributed by atoms with Crippen molar-refractivity contribution in [3.63, 3.8) is 0 Å². The summed E-state index contributed by atoms with van der Waals surface area (Å²) in [6.45, 7) is 1.24. The van der Waals surface area contributed by atoms with Gasteiger partial charge in [-0.3, -0.25) is 0 Å². The van der Waals surface area contributed by atoms with Crippen LogP contribution in [0.3, 0.4) is 0 Å². The van der Waals surface area contributed by atoms with Crippen molar-refractivity contribution in [1.29, 1.82) is 0 Å². The molecule has 0 atom stereocenters. The van der Waals surface area contributed by atoms with Gasteiger partial charge >= 0.3 is 0 Å². The third-order valence-electron chi connectivity index (χ3n) is 2.39. The normalized spacial score (nSPS) is 10.5. The lowest BCUT2D eigenvalue weighted by atomic mass is 10.2. The SMILES string of the molecule is COCCCCCNc1c(F)cc(N)cc1F. The number of nitrogens with one attached hydrogen (secondary N) is 1. The number of nitrogens with two attached hydrogens (primary N) is 1. The first-order valence-electron chi connectivity index (χ1n) is 5.62. The summed E-state index contributed by atoms with van der Waals surface area (Å²) in [4.78, 5) is 0. The van der Waals surface area contributed by atoms with Crippen LogP contribution in [0.1, 0.15) is 19.3 Å². The molecule has 1 aromatic rings. The molecular formula is C12H18F2N2O. The third kappa shape index (κ3) is 4.56. The van der Waals surface area contributed by atoms with Crippen molar-refractivity contribution in [3.8, 4) is 0 Å². The number of hydrogen-bond acceptors (Lipinski definition) is 3. The first kappa shape index (κ1) is 13.7. The highest BCUT2D eigenvalue weighted by molar-refractivity contribution is 5.53. The van der Waals surface area contributed by atoms with Gasteiger partial charge in [-0.05, 0) is 31.4 Å². The Bertz CT molecular complexity index is 335. The van der Waals surface area contributed by atoms with Gasteiger partial charge in [-0.15, -0.1) is 0 Å². The van der Waals surface area contributed by atoms with E-state index < -0.39 is 11.6 Å². The fraction of sp³-hybridized carbons (Fsp3) is 0.500. The van der Waals surface area contributed by atoms with E-state index in [0.29, 0.717) is 13.2 Å². The molecule has 1 rings (SSSR count). The van der Waals surface area contributed by atoms with Gasteiger partial charge in [0.15, 0.2) is 11.6 Å². The van der Waals surface area contributed by atoms with Crippen LogP contribution in [-0.4, -0.2) is 20.3 Å². The molecule has 0 fully saturated rings. The van der Waals surface area contributed by atoms with Crippen molar-refractivity contribution in [2.75, 3.05) is 31.3 Å². The van der Waals surface area contributed by atoms with Crippen molar-refractivity contribution >= 4 is 11.4 Å². The second kappa shape index (κ2) is 7.06. The van der Waals surface area contributed by atoms with Gasteiger partial charge in [0.1, 0.15) is 5.69 Å². The van der Waals surface area contributed by atoms with Gasteiger partial charge in [-0.2, -0.15) is 0 Å². The molecule has 0 aromatic heterocycles. The summed E-state index contributed by atoms with van der Waals surface area (Å²) < 4.78 is 31.6. The Labute approximate surface area is 100.0 Å². The summed E-state index contributed by atoms with van der Waals surface area (Å²) in [7, 11) is 1.65. The van der Waals surface area contributed by atoms with Crippen LogP contribution in [-0.2, 0) is 4.74 Å². The number of nitrogen functional groups attached to an aromatic ring is 1. The van der Waals surface area contributed by atoms with E-state index in [-0.39, 0.29) is 11.4 Å². The van der Waals surface area contributed by atoms with Gasteiger partial charge in [-0.1, -0.05) is 0 Å². The molecule has 0 unspecified atom stereocenters. The molecule has 0 heterocycles. The van der Waals surface area contributed by atoms with Crippen LogP contribution in [0.2, 0.25) is 0 Å². The zero-order chi connectivity index (χ0) is 12.7. The van der Waals surface area contributed by atoms with E-state index in [2.05, 4.69) is 5.32 Å². The predicted molar refractivity (Wildman–Crippen MR) is 65.0 cm³/mol. The Balaban J connectivity index is 2.36. The van der Waals surface area contributed by atoms with Gasteiger partial charge in [0, 0.05) is 25.9 Å². The van der Waals surface area contributed by atoms with Crippen molar-refractivity contribution < 1.29 is 13.5 Å². The highest BCUT2D eigenvalue weighted by Crippen LogP contribution is 2.21. The van der Waals surface area contributed by atoms with Crippen LogP contribution in [0, 0.1) is 11.6 Å². The second-order valence-electron chi connectivity index (χ2n) is 3.84. The standard InChI is InChI=1S/C12H18F2N2O/c1-17-6-4-2-3-5-16-12-10(13)7-9(15)8-11(12)14/h7-8,16H,2-6,15H2,1H3. The zero-order valence-corrected chi connectivity index (χ0v) is 9.93. The molecule has 17 heavy (non-hydrogen) atoms. The maximum Gasteiger partial charge on any atom is 0.151 e. The number of methoxy groups -OCH3 is 1. The molecule has 3 N–H and O–H groups in total. The Morgan fingerprint density at radius 3 is 2.41 bits per heavy atom. The molecular weight excluding hydrogens is 226 g/mol. The summed E-state index contributed by atoms with van der Waals surface area (Å²) in [5.74, 6) is -1.31. The molecule has 0 saturated heterocycles. The summed E-state index contributed by atoms with van der Waals surface area (Å²) in [5.41, 5.74) is 5.30. The Hall–Kier alpha value is -1.36. The average Bonchev–Trinajstić information content (AvgIpc) is 2.26. The van der Waals surface area contributed by atoms with Crippen LogP contribution < -0.4 is 11.1 Å². The number of rotatable bonds is 7. The minimum Gasteiger partial charge on any atom is -0.399 e. The van der Waals surface area contributed by atoms with Gasteiger partial charge in [0.2, 0.25) is 0 Å². The molecule has 0 saturated carbocycles. The van der Waals surface area contributed by atoms with E-state index in [0.717, 1.165) is 31.4 Å². The largest absolute Gasteiger partial charge is 0.399 e. The molecule has 0 radical (unpaired) electrons. The van der Waals surface area contributed by atoms with E-state index in [9.17, 15) is 8.78 Å². The third-order valence-corrected chi connectivity index (χ3v) is 2.39. The van der Waals surface area contributed by atoms with E-state index in [1.807, 2.05) is 0 Å². The maximum atomic E-state index is 13.3. The highest BCUT2D eigenvalue weighted by Gasteiger charge is 2.09. The lowest BCUT2D eigenvalue weighted by Gasteiger charge is -2.09. The quantitative estimate of drug-likeness (QED) is 0.572. The molecule has 0 bridgehead atoms. The van der Waals surface area contributed by atoms with E-state index in [1.54, 1.807) is 7.11 Å². The first-order valence-corrected chi connectivity index (χ1v) is 5.62. The summed E-state index contributed by atoms with van der Waals surface area (Å²) >= 11 is 0. The molecule has 96 valence electrons. The number of ether oxygens (including phenoxy) is 1.